The fraction of sp³-hybridized carbons (Fsp3) is 0.500. The molecule has 0 bridgehead atoms. The van der Waals surface area contributed by atoms with Gasteiger partial charge in [-0.05, 0) is 45.8 Å². The number of amides is 3. The number of hydrogen-bond acceptors (Lipinski definition) is 7. The van der Waals surface area contributed by atoms with E-state index in [-0.39, 0.29) is 31.6 Å². The number of rotatable bonds is 9. The van der Waals surface area contributed by atoms with E-state index in [4.69, 9.17) is 9.47 Å². The van der Waals surface area contributed by atoms with Gasteiger partial charge in [0.25, 0.3) is 0 Å². The number of benzene rings is 1. The maximum absolute atomic E-state index is 13.5. The van der Waals surface area contributed by atoms with Crippen molar-refractivity contribution in [3.05, 3.63) is 46.4 Å². The summed E-state index contributed by atoms with van der Waals surface area (Å²) < 4.78 is 11.3. The third-order valence-corrected chi connectivity index (χ3v) is 6.97. The Hall–Kier alpha value is -2.65. The molecule has 0 N–H and O–H groups in total. The van der Waals surface area contributed by atoms with Crippen LogP contribution in [-0.2, 0) is 23.9 Å². The topological polar surface area (TPSA) is 93.2 Å². The molecule has 1 saturated heterocycles. The summed E-state index contributed by atoms with van der Waals surface area (Å²) in [6.07, 6.45) is -0.553. The van der Waals surface area contributed by atoms with Crippen molar-refractivity contribution < 1.29 is 28.7 Å². The third-order valence-electron chi connectivity index (χ3n) is 5.48. The lowest BCUT2D eigenvalue weighted by Gasteiger charge is -2.43. The van der Waals surface area contributed by atoms with Gasteiger partial charge in [-0.1, -0.05) is 42.1 Å². The molecule has 3 amide bonds. The number of fused-ring (bicyclic) bond motifs is 1. The molecule has 1 aromatic rings. The maximum atomic E-state index is 13.5. The van der Waals surface area contributed by atoms with Gasteiger partial charge < -0.3 is 14.4 Å². The number of imide groups is 1. The average Bonchev–Trinajstić information content (AvgIpc) is 3.11. The number of carbonyl (C=O) groups excluding carboxylic acids is 4. The number of thioether (sulfide) groups is 1. The van der Waals surface area contributed by atoms with Crippen molar-refractivity contribution in [2.45, 2.75) is 52.2 Å². The van der Waals surface area contributed by atoms with Gasteiger partial charge in [-0.3, -0.25) is 14.5 Å². The molecule has 8 nitrogen and oxygen atoms in total. The van der Waals surface area contributed by atoms with Crippen molar-refractivity contribution in [2.24, 2.45) is 5.92 Å². The molecule has 0 aliphatic carbocycles. The SMILES string of the molecule is CCOC(=O)C1=C(C)C2C(=O)N(CC(C)=O)C(=O)N(C[C@H](OC(C)C)c3ccccc3)C2S1. The van der Waals surface area contributed by atoms with Crippen molar-refractivity contribution in [1.29, 1.82) is 0 Å². The number of Topliss-reactive ketones (excluding diaryl/α,β-unsaturated/α-hetero) is 1. The van der Waals surface area contributed by atoms with E-state index in [1.165, 1.54) is 18.7 Å². The van der Waals surface area contributed by atoms with Crippen molar-refractivity contribution in [3.63, 3.8) is 0 Å². The largest absolute Gasteiger partial charge is 0.462 e. The summed E-state index contributed by atoms with van der Waals surface area (Å²) in [5.41, 5.74) is 1.45. The van der Waals surface area contributed by atoms with E-state index in [0.29, 0.717) is 10.5 Å². The number of ether oxygens (including phenoxy) is 2. The molecule has 178 valence electrons. The number of hydrogen-bond donors (Lipinski definition) is 0. The number of nitrogens with zero attached hydrogens (tertiary/aromatic N) is 2. The van der Waals surface area contributed by atoms with Crippen LogP contribution in [0, 0.1) is 5.92 Å². The second kappa shape index (κ2) is 10.5. The lowest BCUT2D eigenvalue weighted by molar-refractivity contribution is -0.138. The summed E-state index contributed by atoms with van der Waals surface area (Å²) in [4.78, 5) is 54.0. The quantitative estimate of drug-likeness (QED) is 0.506. The van der Waals surface area contributed by atoms with Gasteiger partial charge in [0.05, 0.1) is 42.0 Å². The van der Waals surface area contributed by atoms with Gasteiger partial charge in [0.1, 0.15) is 11.9 Å². The summed E-state index contributed by atoms with van der Waals surface area (Å²) in [6, 6.07) is 8.98. The van der Waals surface area contributed by atoms with Gasteiger partial charge in [0.15, 0.2) is 0 Å². The molecule has 2 unspecified atom stereocenters. The van der Waals surface area contributed by atoms with Crippen molar-refractivity contribution >= 4 is 35.5 Å². The predicted octanol–water partition coefficient (Wildman–Crippen LogP) is 3.53. The molecular weight excluding hydrogens is 444 g/mol. The highest BCUT2D eigenvalue weighted by atomic mass is 32.2. The highest BCUT2D eigenvalue weighted by Crippen LogP contribution is 2.48. The first-order chi connectivity index (χ1) is 15.6. The number of esters is 1. The first kappa shape index (κ1) is 25.0. The molecule has 2 aliphatic heterocycles. The monoisotopic (exact) mass is 474 g/mol. The standard InChI is InChI=1S/C24H30N2O6S/c1-6-31-23(29)20-16(5)19-21(28)25(12-15(4)27)24(30)26(22(19)33-20)13-18(32-14(2)3)17-10-8-7-9-11-17/h7-11,14,18-19,22H,6,12-13H2,1-5H3/t18-,19?,22?/m0/s1. The number of urea groups is 1. The molecule has 9 heteroatoms. The van der Waals surface area contributed by atoms with Crippen LogP contribution in [-0.4, -0.2) is 64.7 Å². The van der Waals surface area contributed by atoms with Crippen LogP contribution >= 0.6 is 11.8 Å². The van der Waals surface area contributed by atoms with Crippen LogP contribution in [0.1, 0.15) is 46.3 Å². The Morgan fingerprint density at radius 2 is 1.82 bits per heavy atom. The predicted molar refractivity (Wildman–Crippen MR) is 124 cm³/mol. The number of ketones is 1. The van der Waals surface area contributed by atoms with E-state index in [9.17, 15) is 19.2 Å². The fourth-order valence-corrected chi connectivity index (χ4v) is 5.54. The molecule has 0 saturated carbocycles. The lowest BCUT2D eigenvalue weighted by atomic mass is 9.95. The summed E-state index contributed by atoms with van der Waals surface area (Å²) >= 11 is 1.17. The zero-order chi connectivity index (χ0) is 24.3. The van der Waals surface area contributed by atoms with E-state index in [0.717, 1.165) is 10.5 Å². The van der Waals surface area contributed by atoms with Crippen LogP contribution in [0.5, 0.6) is 0 Å². The molecule has 1 fully saturated rings. The van der Waals surface area contributed by atoms with Crippen LogP contribution in [0.25, 0.3) is 0 Å². The van der Waals surface area contributed by atoms with Crippen LogP contribution in [0.4, 0.5) is 4.79 Å². The molecule has 3 rings (SSSR count). The minimum absolute atomic E-state index is 0.105. The Morgan fingerprint density at radius 3 is 2.39 bits per heavy atom. The second-order valence-corrected chi connectivity index (χ2v) is 9.49. The Morgan fingerprint density at radius 1 is 1.15 bits per heavy atom. The molecular formula is C24H30N2O6S. The minimum Gasteiger partial charge on any atom is -0.462 e. The molecule has 0 radical (unpaired) electrons. The summed E-state index contributed by atoms with van der Waals surface area (Å²) in [7, 11) is 0. The van der Waals surface area contributed by atoms with Crippen LogP contribution in [0.3, 0.4) is 0 Å². The van der Waals surface area contributed by atoms with Gasteiger partial charge in [-0.2, -0.15) is 0 Å². The Kier molecular flexibility index (Phi) is 7.97. The van der Waals surface area contributed by atoms with E-state index in [1.54, 1.807) is 18.7 Å². The first-order valence-corrected chi connectivity index (χ1v) is 11.9. The zero-order valence-electron chi connectivity index (χ0n) is 19.6. The van der Waals surface area contributed by atoms with E-state index in [2.05, 4.69) is 0 Å². The smallest absolute Gasteiger partial charge is 0.344 e. The number of carbonyl (C=O) groups is 4. The van der Waals surface area contributed by atoms with Crippen LogP contribution in [0.2, 0.25) is 0 Å². The second-order valence-electron chi connectivity index (χ2n) is 8.36. The lowest BCUT2D eigenvalue weighted by Crippen LogP contribution is -2.61. The van der Waals surface area contributed by atoms with Gasteiger partial charge in [-0.25, -0.2) is 9.59 Å². The minimum atomic E-state index is -0.734. The van der Waals surface area contributed by atoms with Crippen LogP contribution < -0.4 is 0 Å². The third kappa shape index (κ3) is 5.30. The molecule has 1 aromatic carbocycles. The molecule has 0 aromatic heterocycles. The van der Waals surface area contributed by atoms with Crippen LogP contribution in [0.15, 0.2) is 40.8 Å². The molecule has 0 spiro atoms. The van der Waals surface area contributed by atoms with E-state index >= 15 is 0 Å². The Labute approximate surface area is 198 Å². The van der Waals surface area contributed by atoms with Crippen molar-refractivity contribution in [3.8, 4) is 0 Å². The van der Waals surface area contributed by atoms with Crippen molar-refractivity contribution in [2.75, 3.05) is 19.7 Å². The molecule has 33 heavy (non-hydrogen) atoms. The fourth-order valence-electron chi connectivity index (χ4n) is 4.07. The van der Waals surface area contributed by atoms with Gasteiger partial charge in [0, 0.05) is 0 Å². The van der Waals surface area contributed by atoms with Gasteiger partial charge in [0.2, 0.25) is 5.91 Å². The Bertz CT molecular complexity index is 961. The molecule has 3 atom stereocenters. The highest BCUT2D eigenvalue weighted by molar-refractivity contribution is 8.04. The van der Waals surface area contributed by atoms with Gasteiger partial charge in [-0.15, -0.1) is 0 Å². The normalized spacial score (nSPS) is 21.5. The zero-order valence-corrected chi connectivity index (χ0v) is 20.4. The van der Waals surface area contributed by atoms with E-state index in [1.807, 2.05) is 44.2 Å². The Balaban J connectivity index is 2.00. The molecule has 2 heterocycles. The summed E-state index contributed by atoms with van der Waals surface area (Å²) in [6.45, 7) is 8.64. The first-order valence-electron chi connectivity index (χ1n) is 11.0. The van der Waals surface area contributed by atoms with E-state index < -0.39 is 35.3 Å². The summed E-state index contributed by atoms with van der Waals surface area (Å²) in [5, 5.41) is -0.616. The molecule has 2 aliphatic rings. The van der Waals surface area contributed by atoms with Gasteiger partial charge >= 0.3 is 12.0 Å². The maximum Gasteiger partial charge on any atom is 0.344 e. The van der Waals surface area contributed by atoms with Crippen molar-refractivity contribution in [1.82, 2.24) is 9.80 Å². The average molecular weight is 475 g/mol. The highest BCUT2D eigenvalue weighted by Gasteiger charge is 2.53. The summed E-state index contributed by atoms with van der Waals surface area (Å²) in [5.74, 6) is -2.01.